The van der Waals surface area contributed by atoms with Crippen LogP contribution in [0.5, 0.6) is 0 Å². The Hall–Kier alpha value is -3.84. The molecule has 0 bridgehead atoms. The van der Waals surface area contributed by atoms with Gasteiger partial charge in [0.15, 0.2) is 0 Å². The van der Waals surface area contributed by atoms with E-state index in [1.54, 1.807) is 0 Å². The predicted octanol–water partition coefficient (Wildman–Crippen LogP) is 10.6. The molecular formula is C36H35N. The molecule has 0 saturated heterocycles. The standard InChI is InChI=1S/C36H35N/c1-35(2,3)27-14-18-29(19-15-27)37(30-20-16-28(17-21-30)36(4,5)6)32-23-13-26-11-10-24-8-7-9-25-12-22-31(32)34(26)33(24)25/h7-23H,1-6H3. The molecule has 0 aromatic heterocycles. The Kier molecular flexibility index (Phi) is 5.31. The summed E-state index contributed by atoms with van der Waals surface area (Å²) in [6.45, 7) is 13.6. The number of nitrogens with zero attached hydrogens (tertiary/aromatic N) is 1. The van der Waals surface area contributed by atoms with Crippen molar-refractivity contribution in [2.24, 2.45) is 0 Å². The first kappa shape index (κ1) is 23.6. The lowest BCUT2D eigenvalue weighted by Gasteiger charge is -2.29. The SMILES string of the molecule is CC(C)(C)c1ccc(N(c2ccc(C(C)(C)C)cc2)c2ccc3ccc4cccc5ccc2c3c45)cc1. The Bertz CT molecular complexity index is 1640. The molecule has 0 aliphatic heterocycles. The van der Waals surface area contributed by atoms with Crippen molar-refractivity contribution in [1.82, 2.24) is 0 Å². The van der Waals surface area contributed by atoms with Gasteiger partial charge in [-0.1, -0.05) is 114 Å². The lowest BCUT2D eigenvalue weighted by Crippen LogP contribution is -2.14. The second-order valence-electron chi connectivity index (χ2n) is 12.4. The zero-order chi connectivity index (χ0) is 25.9. The van der Waals surface area contributed by atoms with E-state index in [1.165, 1.54) is 60.5 Å². The molecule has 1 heteroatoms. The van der Waals surface area contributed by atoms with E-state index in [2.05, 4.69) is 150 Å². The molecule has 184 valence electrons. The molecule has 0 spiro atoms. The Balaban J connectivity index is 1.61. The maximum Gasteiger partial charge on any atom is 0.0540 e. The summed E-state index contributed by atoms with van der Waals surface area (Å²) < 4.78 is 0. The van der Waals surface area contributed by atoms with E-state index in [0.717, 1.165) is 0 Å². The summed E-state index contributed by atoms with van der Waals surface area (Å²) in [5, 5.41) is 7.85. The van der Waals surface area contributed by atoms with Gasteiger partial charge in [-0.2, -0.15) is 0 Å². The normalized spacial score (nSPS) is 12.6. The fraction of sp³-hybridized carbons (Fsp3) is 0.222. The minimum atomic E-state index is 0.116. The molecule has 0 N–H and O–H groups in total. The topological polar surface area (TPSA) is 3.24 Å². The molecule has 0 radical (unpaired) electrons. The van der Waals surface area contributed by atoms with Gasteiger partial charge in [-0.05, 0) is 79.2 Å². The molecule has 6 rings (SSSR count). The third kappa shape index (κ3) is 4.03. The van der Waals surface area contributed by atoms with Gasteiger partial charge in [0.25, 0.3) is 0 Å². The molecule has 37 heavy (non-hydrogen) atoms. The fourth-order valence-electron chi connectivity index (χ4n) is 5.56. The molecule has 0 heterocycles. The van der Waals surface area contributed by atoms with Gasteiger partial charge in [0, 0.05) is 16.8 Å². The van der Waals surface area contributed by atoms with Gasteiger partial charge in [-0.3, -0.25) is 0 Å². The van der Waals surface area contributed by atoms with Crippen LogP contribution >= 0.6 is 0 Å². The van der Waals surface area contributed by atoms with E-state index in [4.69, 9.17) is 0 Å². The molecule has 1 nitrogen and oxygen atoms in total. The van der Waals surface area contributed by atoms with E-state index >= 15 is 0 Å². The monoisotopic (exact) mass is 481 g/mol. The van der Waals surface area contributed by atoms with Crippen LogP contribution in [0.25, 0.3) is 32.3 Å². The van der Waals surface area contributed by atoms with E-state index in [0.29, 0.717) is 0 Å². The van der Waals surface area contributed by atoms with E-state index < -0.39 is 0 Å². The number of hydrogen-bond donors (Lipinski definition) is 0. The average molecular weight is 482 g/mol. The highest BCUT2D eigenvalue weighted by Crippen LogP contribution is 2.44. The summed E-state index contributed by atoms with van der Waals surface area (Å²) in [4.78, 5) is 2.42. The quantitative estimate of drug-likeness (QED) is 0.227. The number of hydrogen-bond acceptors (Lipinski definition) is 1. The minimum Gasteiger partial charge on any atom is -0.310 e. The van der Waals surface area contributed by atoms with Crippen LogP contribution in [0.1, 0.15) is 52.7 Å². The van der Waals surface area contributed by atoms with E-state index in [1.807, 2.05) is 0 Å². The number of anilines is 3. The summed E-state index contributed by atoms with van der Waals surface area (Å²) in [5.41, 5.74) is 6.47. The van der Waals surface area contributed by atoms with Crippen LogP contribution < -0.4 is 4.90 Å². The number of benzene rings is 6. The van der Waals surface area contributed by atoms with Gasteiger partial charge >= 0.3 is 0 Å². The Labute approximate surface area is 220 Å². The van der Waals surface area contributed by atoms with Gasteiger partial charge in [0.2, 0.25) is 0 Å². The molecule has 0 fully saturated rings. The van der Waals surface area contributed by atoms with Crippen LogP contribution in [0, 0.1) is 0 Å². The highest BCUT2D eigenvalue weighted by Gasteiger charge is 2.21. The highest BCUT2D eigenvalue weighted by molar-refractivity contribution is 6.25. The highest BCUT2D eigenvalue weighted by atomic mass is 15.1. The summed E-state index contributed by atoms with van der Waals surface area (Å²) in [7, 11) is 0. The van der Waals surface area contributed by atoms with Gasteiger partial charge in [-0.15, -0.1) is 0 Å². The second-order valence-corrected chi connectivity index (χ2v) is 12.4. The van der Waals surface area contributed by atoms with Crippen molar-refractivity contribution in [3.63, 3.8) is 0 Å². The maximum atomic E-state index is 2.42. The molecule has 0 unspecified atom stereocenters. The van der Waals surface area contributed by atoms with Gasteiger partial charge in [0.1, 0.15) is 0 Å². The fourth-order valence-corrected chi connectivity index (χ4v) is 5.56. The molecule has 6 aromatic rings. The summed E-state index contributed by atoms with van der Waals surface area (Å²) in [6.07, 6.45) is 0. The summed E-state index contributed by atoms with van der Waals surface area (Å²) in [5.74, 6) is 0. The largest absolute Gasteiger partial charge is 0.310 e. The zero-order valence-corrected chi connectivity index (χ0v) is 22.8. The van der Waals surface area contributed by atoms with Crippen molar-refractivity contribution >= 4 is 49.4 Å². The molecule has 0 amide bonds. The lowest BCUT2D eigenvalue weighted by atomic mass is 9.86. The predicted molar refractivity (Wildman–Crippen MR) is 162 cm³/mol. The van der Waals surface area contributed by atoms with Crippen LogP contribution in [0.4, 0.5) is 17.1 Å². The Morgan fingerprint density at radius 2 is 0.865 bits per heavy atom. The van der Waals surface area contributed by atoms with Crippen molar-refractivity contribution in [3.05, 3.63) is 114 Å². The van der Waals surface area contributed by atoms with Crippen LogP contribution in [0.15, 0.2) is 103 Å². The third-order valence-corrected chi connectivity index (χ3v) is 7.73. The summed E-state index contributed by atoms with van der Waals surface area (Å²) in [6, 6.07) is 38.5. The second kappa shape index (κ2) is 8.35. The van der Waals surface area contributed by atoms with Crippen LogP contribution in [-0.2, 0) is 10.8 Å². The van der Waals surface area contributed by atoms with Crippen LogP contribution in [0.3, 0.4) is 0 Å². The first-order chi connectivity index (χ1) is 17.6. The molecule has 6 aromatic carbocycles. The van der Waals surface area contributed by atoms with Crippen molar-refractivity contribution in [2.45, 2.75) is 52.4 Å². The van der Waals surface area contributed by atoms with Gasteiger partial charge in [-0.25, -0.2) is 0 Å². The van der Waals surface area contributed by atoms with Crippen molar-refractivity contribution < 1.29 is 0 Å². The first-order valence-electron chi connectivity index (χ1n) is 13.3. The summed E-state index contributed by atoms with van der Waals surface area (Å²) >= 11 is 0. The molecular weight excluding hydrogens is 446 g/mol. The zero-order valence-electron chi connectivity index (χ0n) is 22.8. The van der Waals surface area contributed by atoms with E-state index in [9.17, 15) is 0 Å². The first-order valence-corrected chi connectivity index (χ1v) is 13.3. The molecule has 0 aliphatic rings. The number of rotatable bonds is 3. The average Bonchev–Trinajstić information content (AvgIpc) is 2.88. The Morgan fingerprint density at radius 3 is 1.35 bits per heavy atom. The lowest BCUT2D eigenvalue weighted by molar-refractivity contribution is 0.590. The van der Waals surface area contributed by atoms with E-state index in [-0.39, 0.29) is 10.8 Å². The Morgan fingerprint density at radius 1 is 0.432 bits per heavy atom. The van der Waals surface area contributed by atoms with Crippen molar-refractivity contribution in [2.75, 3.05) is 4.90 Å². The van der Waals surface area contributed by atoms with Gasteiger partial charge < -0.3 is 4.90 Å². The maximum absolute atomic E-state index is 2.42. The van der Waals surface area contributed by atoms with Crippen molar-refractivity contribution in [3.8, 4) is 0 Å². The van der Waals surface area contributed by atoms with Crippen LogP contribution in [-0.4, -0.2) is 0 Å². The van der Waals surface area contributed by atoms with Crippen LogP contribution in [0.2, 0.25) is 0 Å². The minimum absolute atomic E-state index is 0.116. The molecule has 0 atom stereocenters. The molecule has 0 saturated carbocycles. The third-order valence-electron chi connectivity index (χ3n) is 7.73. The smallest absolute Gasteiger partial charge is 0.0540 e. The molecule has 0 aliphatic carbocycles. The van der Waals surface area contributed by atoms with Gasteiger partial charge in [0.05, 0.1) is 5.69 Å². The van der Waals surface area contributed by atoms with Crippen molar-refractivity contribution in [1.29, 1.82) is 0 Å².